The SMILES string of the molecule is CCCCC/C=C\C/C=C\C/C=C\C/C=C\CCCC(CC(=O)NC(CO)C(O)CCCCCCCCCCCCCCCCC)OC(=O)CCCCCCC/C=C/C=C/C=C/CCCCCCC. The summed E-state index contributed by atoms with van der Waals surface area (Å²) in [4.78, 5) is 26.3. The van der Waals surface area contributed by atoms with E-state index in [9.17, 15) is 19.8 Å². The van der Waals surface area contributed by atoms with Gasteiger partial charge in [-0.05, 0) is 89.9 Å². The van der Waals surface area contributed by atoms with Crippen LogP contribution in [0.2, 0.25) is 0 Å². The largest absolute Gasteiger partial charge is 0.462 e. The van der Waals surface area contributed by atoms with Crippen molar-refractivity contribution in [3.05, 3.63) is 85.1 Å². The van der Waals surface area contributed by atoms with Crippen molar-refractivity contribution in [3.8, 4) is 0 Å². The van der Waals surface area contributed by atoms with E-state index in [1.54, 1.807) is 0 Å². The van der Waals surface area contributed by atoms with Gasteiger partial charge in [-0.2, -0.15) is 0 Å². The van der Waals surface area contributed by atoms with E-state index in [1.807, 2.05) is 0 Å². The molecule has 0 aromatic rings. The third-order valence-electron chi connectivity index (χ3n) is 13.0. The number of esters is 1. The number of carbonyl (C=O) groups is 2. The maximum absolute atomic E-state index is 13.3. The fourth-order valence-electron chi connectivity index (χ4n) is 8.54. The molecule has 69 heavy (non-hydrogen) atoms. The quantitative estimate of drug-likeness (QED) is 0.0244. The first-order valence-corrected chi connectivity index (χ1v) is 29.3. The Hall–Kier alpha value is -2.96. The van der Waals surface area contributed by atoms with E-state index in [4.69, 9.17) is 4.74 Å². The average Bonchev–Trinajstić information content (AvgIpc) is 3.34. The van der Waals surface area contributed by atoms with Crippen LogP contribution in [0, 0.1) is 0 Å². The fraction of sp³-hybridized carbons (Fsp3) is 0.746. The van der Waals surface area contributed by atoms with Gasteiger partial charge in [0.15, 0.2) is 0 Å². The number of allylic oxidation sites excluding steroid dienone is 14. The molecule has 0 aliphatic heterocycles. The zero-order chi connectivity index (χ0) is 50.2. The molecular formula is C63H111NO5. The molecule has 0 aromatic carbocycles. The van der Waals surface area contributed by atoms with Gasteiger partial charge in [0.1, 0.15) is 6.10 Å². The van der Waals surface area contributed by atoms with Crippen LogP contribution in [0.5, 0.6) is 0 Å². The molecule has 1 amide bonds. The predicted octanol–water partition coefficient (Wildman–Crippen LogP) is 18.3. The number of aliphatic hydroxyl groups is 2. The van der Waals surface area contributed by atoms with E-state index in [0.29, 0.717) is 19.3 Å². The van der Waals surface area contributed by atoms with Crippen LogP contribution in [-0.4, -0.2) is 46.9 Å². The molecule has 0 aliphatic rings. The summed E-state index contributed by atoms with van der Waals surface area (Å²) in [5.41, 5.74) is 0. The Bertz CT molecular complexity index is 1310. The van der Waals surface area contributed by atoms with Crippen LogP contribution in [0.1, 0.15) is 278 Å². The van der Waals surface area contributed by atoms with Crippen LogP contribution in [0.25, 0.3) is 0 Å². The van der Waals surface area contributed by atoms with Crippen molar-refractivity contribution >= 4 is 11.9 Å². The molecule has 3 N–H and O–H groups in total. The summed E-state index contributed by atoms with van der Waals surface area (Å²) in [6.45, 7) is 6.44. The van der Waals surface area contributed by atoms with Crippen LogP contribution in [-0.2, 0) is 14.3 Å². The lowest BCUT2D eigenvalue weighted by Crippen LogP contribution is -2.46. The van der Waals surface area contributed by atoms with Crippen molar-refractivity contribution in [1.82, 2.24) is 5.32 Å². The summed E-state index contributed by atoms with van der Waals surface area (Å²) in [5, 5.41) is 23.9. The van der Waals surface area contributed by atoms with Crippen LogP contribution >= 0.6 is 0 Å². The van der Waals surface area contributed by atoms with Crippen molar-refractivity contribution in [3.63, 3.8) is 0 Å². The molecule has 0 radical (unpaired) electrons. The maximum atomic E-state index is 13.3. The number of nitrogens with one attached hydrogen (secondary N) is 1. The number of carbonyl (C=O) groups excluding carboxylic acids is 2. The summed E-state index contributed by atoms with van der Waals surface area (Å²) in [7, 11) is 0. The number of rotatable bonds is 52. The van der Waals surface area contributed by atoms with E-state index in [0.717, 1.165) is 96.3 Å². The molecule has 3 unspecified atom stereocenters. The standard InChI is InChI=1S/C63H111NO5/c1-4-7-10-13-16-19-22-25-28-30-32-35-38-41-44-47-50-53-56-63(68)69-59(54-51-48-45-42-39-36-34-31-29-26-23-20-17-14-11-8-5-2)57-62(67)64-60(58-65)61(66)55-52-49-46-43-40-37-33-27-24-21-18-15-12-9-6-3/h17,20,22,25-26,28-30,32,34-36,42,45,59-61,65-66H,4-16,18-19,21,23-24,27,31,33,37-41,43-44,46-58H2,1-3H3,(H,64,67)/b20-17-,25-22+,29-26-,30-28+,35-32+,36-34-,45-42-. The minimum Gasteiger partial charge on any atom is -0.462 e. The lowest BCUT2D eigenvalue weighted by atomic mass is 10.0. The molecule has 0 aliphatic carbocycles. The highest BCUT2D eigenvalue weighted by atomic mass is 16.5. The Morgan fingerprint density at radius 1 is 0.435 bits per heavy atom. The normalized spacial score (nSPS) is 13.8. The Morgan fingerprint density at radius 3 is 1.29 bits per heavy atom. The smallest absolute Gasteiger partial charge is 0.306 e. The van der Waals surface area contributed by atoms with Gasteiger partial charge >= 0.3 is 5.97 Å². The van der Waals surface area contributed by atoms with Crippen molar-refractivity contribution in [2.45, 2.75) is 296 Å². The van der Waals surface area contributed by atoms with Gasteiger partial charge < -0.3 is 20.3 Å². The highest BCUT2D eigenvalue weighted by molar-refractivity contribution is 5.77. The number of ether oxygens (including phenoxy) is 1. The number of amides is 1. The molecule has 0 heterocycles. The first-order chi connectivity index (χ1) is 34.0. The summed E-state index contributed by atoms with van der Waals surface area (Å²) in [6, 6.07) is -0.729. The number of hydrogen-bond donors (Lipinski definition) is 3. The van der Waals surface area contributed by atoms with Crippen LogP contribution in [0.4, 0.5) is 0 Å². The van der Waals surface area contributed by atoms with Gasteiger partial charge in [-0.25, -0.2) is 0 Å². The monoisotopic (exact) mass is 962 g/mol. The van der Waals surface area contributed by atoms with Gasteiger partial charge in [-0.15, -0.1) is 0 Å². The maximum Gasteiger partial charge on any atom is 0.306 e. The first kappa shape index (κ1) is 66.0. The van der Waals surface area contributed by atoms with E-state index >= 15 is 0 Å². The predicted molar refractivity (Wildman–Crippen MR) is 301 cm³/mol. The summed E-state index contributed by atoms with van der Waals surface area (Å²) in [5.74, 6) is -0.549. The van der Waals surface area contributed by atoms with Crippen molar-refractivity contribution in [2.24, 2.45) is 0 Å². The zero-order valence-electron chi connectivity index (χ0n) is 45.4. The zero-order valence-corrected chi connectivity index (χ0v) is 45.4. The van der Waals surface area contributed by atoms with E-state index in [-0.39, 0.29) is 24.9 Å². The lowest BCUT2D eigenvalue weighted by Gasteiger charge is -2.24. The second-order valence-corrected chi connectivity index (χ2v) is 19.7. The van der Waals surface area contributed by atoms with Gasteiger partial charge in [0.25, 0.3) is 0 Å². The lowest BCUT2D eigenvalue weighted by molar-refractivity contribution is -0.151. The molecule has 0 rings (SSSR count). The van der Waals surface area contributed by atoms with Gasteiger partial charge in [0, 0.05) is 6.42 Å². The average molecular weight is 963 g/mol. The van der Waals surface area contributed by atoms with Crippen LogP contribution < -0.4 is 5.32 Å². The topological polar surface area (TPSA) is 95.9 Å². The highest BCUT2D eigenvalue weighted by Gasteiger charge is 2.24. The van der Waals surface area contributed by atoms with Crippen molar-refractivity contribution < 1.29 is 24.5 Å². The van der Waals surface area contributed by atoms with E-state index in [1.165, 1.54) is 135 Å². The summed E-state index contributed by atoms with van der Waals surface area (Å²) in [6.07, 6.45) is 73.6. The highest BCUT2D eigenvalue weighted by Crippen LogP contribution is 2.17. The number of aliphatic hydroxyl groups excluding tert-OH is 2. The molecule has 0 bridgehead atoms. The minimum atomic E-state index is -0.811. The molecule has 0 aromatic heterocycles. The van der Waals surface area contributed by atoms with Crippen LogP contribution in [0.15, 0.2) is 85.1 Å². The Labute approximate surface area is 427 Å². The van der Waals surface area contributed by atoms with E-state index in [2.05, 4.69) is 111 Å². The van der Waals surface area contributed by atoms with Gasteiger partial charge in [0.05, 0.1) is 25.2 Å². The summed E-state index contributed by atoms with van der Waals surface area (Å²) >= 11 is 0. The third kappa shape index (κ3) is 51.2. The molecule has 398 valence electrons. The molecule has 6 heteroatoms. The summed E-state index contributed by atoms with van der Waals surface area (Å²) < 4.78 is 5.93. The van der Waals surface area contributed by atoms with Crippen molar-refractivity contribution in [1.29, 1.82) is 0 Å². The molecule has 0 saturated carbocycles. The Morgan fingerprint density at radius 2 is 0.812 bits per heavy atom. The second-order valence-electron chi connectivity index (χ2n) is 19.7. The minimum absolute atomic E-state index is 0.0284. The molecule has 3 atom stereocenters. The number of hydrogen-bond acceptors (Lipinski definition) is 5. The fourth-order valence-corrected chi connectivity index (χ4v) is 8.54. The molecular weight excluding hydrogens is 851 g/mol. The van der Waals surface area contributed by atoms with E-state index < -0.39 is 18.2 Å². The van der Waals surface area contributed by atoms with Gasteiger partial charge in [0.2, 0.25) is 5.91 Å². The van der Waals surface area contributed by atoms with Gasteiger partial charge in [-0.3, -0.25) is 9.59 Å². The third-order valence-corrected chi connectivity index (χ3v) is 13.0. The first-order valence-electron chi connectivity index (χ1n) is 29.3. The van der Waals surface area contributed by atoms with Gasteiger partial charge in [-0.1, -0.05) is 260 Å². The number of unbranched alkanes of at least 4 members (excludes halogenated alkanes) is 28. The second kappa shape index (κ2) is 56.0. The molecule has 0 saturated heterocycles. The Balaban J connectivity index is 4.71. The molecule has 0 spiro atoms. The van der Waals surface area contributed by atoms with Crippen molar-refractivity contribution in [2.75, 3.05) is 6.61 Å². The Kier molecular flexibility index (Phi) is 53.6. The molecule has 6 nitrogen and oxygen atoms in total. The molecule has 0 fully saturated rings. The van der Waals surface area contributed by atoms with Crippen LogP contribution in [0.3, 0.4) is 0 Å².